The highest BCUT2D eigenvalue weighted by molar-refractivity contribution is 5.87. The number of allylic oxidation sites excluding steroid dienone is 1. The molecule has 3 nitrogen and oxygen atoms in total. The SMILES string of the molecule is COC(=O)/C(C)=C/[C@@H](C)c1cccc(C)c1OC. The van der Waals surface area contributed by atoms with Crippen LogP contribution in [0.4, 0.5) is 0 Å². The van der Waals surface area contributed by atoms with Crippen LogP contribution in [0.15, 0.2) is 29.8 Å². The summed E-state index contributed by atoms with van der Waals surface area (Å²) in [6.45, 7) is 5.79. The average molecular weight is 248 g/mol. The minimum atomic E-state index is -0.298. The second-order valence-electron chi connectivity index (χ2n) is 4.33. The Morgan fingerprint density at radius 3 is 2.56 bits per heavy atom. The smallest absolute Gasteiger partial charge is 0.333 e. The molecular weight excluding hydrogens is 228 g/mol. The molecule has 0 amide bonds. The zero-order valence-corrected chi connectivity index (χ0v) is 11.6. The molecule has 0 heterocycles. The first-order valence-electron chi connectivity index (χ1n) is 5.91. The fourth-order valence-electron chi connectivity index (χ4n) is 2.01. The van der Waals surface area contributed by atoms with Gasteiger partial charge >= 0.3 is 5.97 Å². The molecular formula is C15H20O3. The quantitative estimate of drug-likeness (QED) is 0.606. The zero-order chi connectivity index (χ0) is 13.7. The van der Waals surface area contributed by atoms with E-state index in [9.17, 15) is 4.79 Å². The number of ether oxygens (including phenoxy) is 2. The predicted octanol–water partition coefficient (Wildman–Crippen LogP) is 3.23. The van der Waals surface area contributed by atoms with Crippen LogP contribution in [0.25, 0.3) is 0 Å². The lowest BCUT2D eigenvalue weighted by atomic mass is 9.96. The largest absolute Gasteiger partial charge is 0.496 e. The Kier molecular flexibility index (Phi) is 4.95. The van der Waals surface area contributed by atoms with Crippen LogP contribution in [-0.2, 0) is 9.53 Å². The number of hydrogen-bond acceptors (Lipinski definition) is 3. The van der Waals surface area contributed by atoms with Gasteiger partial charge < -0.3 is 9.47 Å². The summed E-state index contributed by atoms with van der Waals surface area (Å²) in [7, 11) is 3.05. The van der Waals surface area contributed by atoms with E-state index < -0.39 is 0 Å². The molecule has 3 heteroatoms. The lowest BCUT2D eigenvalue weighted by Gasteiger charge is -2.15. The van der Waals surface area contributed by atoms with Gasteiger partial charge in [-0.1, -0.05) is 31.2 Å². The van der Waals surface area contributed by atoms with Crippen LogP contribution in [-0.4, -0.2) is 20.2 Å². The van der Waals surface area contributed by atoms with E-state index in [0.29, 0.717) is 5.57 Å². The van der Waals surface area contributed by atoms with Crippen LogP contribution in [0.2, 0.25) is 0 Å². The average Bonchev–Trinajstić information content (AvgIpc) is 2.37. The highest BCUT2D eigenvalue weighted by Gasteiger charge is 2.13. The second-order valence-corrected chi connectivity index (χ2v) is 4.33. The standard InChI is InChI=1S/C15H20O3/c1-10-7-6-8-13(14(10)17-4)11(2)9-12(3)15(16)18-5/h6-9,11H,1-5H3/b12-9+/t11-/m1/s1. The summed E-state index contributed by atoms with van der Waals surface area (Å²) >= 11 is 0. The van der Waals surface area contributed by atoms with E-state index >= 15 is 0 Å². The molecule has 0 N–H and O–H groups in total. The Labute approximate surface area is 108 Å². The first-order chi connectivity index (χ1) is 8.51. The third kappa shape index (κ3) is 3.13. The number of benzene rings is 1. The van der Waals surface area contributed by atoms with E-state index in [1.54, 1.807) is 14.0 Å². The van der Waals surface area contributed by atoms with Crippen molar-refractivity contribution in [2.45, 2.75) is 26.7 Å². The van der Waals surface area contributed by atoms with Gasteiger partial charge in [-0.15, -0.1) is 0 Å². The van der Waals surface area contributed by atoms with Gasteiger partial charge in [0.1, 0.15) is 5.75 Å². The molecule has 0 aliphatic carbocycles. The fourth-order valence-corrected chi connectivity index (χ4v) is 2.01. The van der Waals surface area contributed by atoms with Crippen molar-refractivity contribution in [3.05, 3.63) is 41.0 Å². The van der Waals surface area contributed by atoms with E-state index in [1.807, 2.05) is 38.1 Å². The molecule has 0 fully saturated rings. The molecule has 1 atom stereocenters. The predicted molar refractivity (Wildman–Crippen MR) is 71.9 cm³/mol. The fraction of sp³-hybridized carbons (Fsp3) is 0.400. The maximum atomic E-state index is 11.4. The van der Waals surface area contributed by atoms with Crippen molar-refractivity contribution >= 4 is 5.97 Å². The molecule has 0 saturated heterocycles. The summed E-state index contributed by atoms with van der Waals surface area (Å²) in [4.78, 5) is 11.4. The molecule has 1 aromatic rings. The van der Waals surface area contributed by atoms with Crippen molar-refractivity contribution in [3.63, 3.8) is 0 Å². The van der Waals surface area contributed by atoms with Crippen molar-refractivity contribution in [2.75, 3.05) is 14.2 Å². The normalized spacial score (nSPS) is 13.1. The minimum Gasteiger partial charge on any atom is -0.496 e. The van der Waals surface area contributed by atoms with Crippen molar-refractivity contribution in [2.24, 2.45) is 0 Å². The Hall–Kier alpha value is -1.77. The van der Waals surface area contributed by atoms with E-state index in [4.69, 9.17) is 9.47 Å². The monoisotopic (exact) mass is 248 g/mol. The number of carbonyl (C=O) groups excluding carboxylic acids is 1. The maximum absolute atomic E-state index is 11.4. The molecule has 0 spiro atoms. The summed E-state index contributed by atoms with van der Waals surface area (Å²) in [6.07, 6.45) is 1.89. The molecule has 0 aliphatic heterocycles. The summed E-state index contributed by atoms with van der Waals surface area (Å²) in [5.74, 6) is 0.673. The van der Waals surface area contributed by atoms with Crippen molar-refractivity contribution in [1.82, 2.24) is 0 Å². The highest BCUT2D eigenvalue weighted by Crippen LogP contribution is 2.31. The van der Waals surface area contributed by atoms with Gasteiger partial charge in [0, 0.05) is 17.1 Å². The molecule has 0 radical (unpaired) electrons. The number of para-hydroxylation sites is 1. The molecule has 98 valence electrons. The van der Waals surface area contributed by atoms with Crippen LogP contribution in [0.3, 0.4) is 0 Å². The van der Waals surface area contributed by atoms with Crippen LogP contribution < -0.4 is 4.74 Å². The number of rotatable bonds is 4. The van der Waals surface area contributed by atoms with Gasteiger partial charge in [-0.05, 0) is 19.4 Å². The number of esters is 1. The van der Waals surface area contributed by atoms with Gasteiger partial charge in [-0.25, -0.2) is 4.79 Å². The van der Waals surface area contributed by atoms with Crippen LogP contribution in [0.5, 0.6) is 5.75 Å². The summed E-state index contributed by atoms with van der Waals surface area (Å²) in [6, 6.07) is 6.01. The van der Waals surface area contributed by atoms with Gasteiger partial charge in [-0.3, -0.25) is 0 Å². The molecule has 0 bridgehead atoms. The Balaban J connectivity index is 3.08. The molecule has 1 aromatic carbocycles. The Bertz CT molecular complexity index is 461. The lowest BCUT2D eigenvalue weighted by Crippen LogP contribution is -2.04. The third-order valence-electron chi connectivity index (χ3n) is 2.94. The van der Waals surface area contributed by atoms with Gasteiger partial charge in [0.25, 0.3) is 0 Å². The Morgan fingerprint density at radius 2 is 2.00 bits per heavy atom. The third-order valence-corrected chi connectivity index (χ3v) is 2.94. The van der Waals surface area contributed by atoms with E-state index in [2.05, 4.69) is 0 Å². The molecule has 0 saturated carbocycles. The molecule has 1 rings (SSSR count). The van der Waals surface area contributed by atoms with Gasteiger partial charge in [-0.2, -0.15) is 0 Å². The second kappa shape index (κ2) is 6.24. The van der Waals surface area contributed by atoms with Gasteiger partial charge in [0.05, 0.1) is 14.2 Å². The molecule has 0 aliphatic rings. The summed E-state index contributed by atoms with van der Waals surface area (Å²) in [5, 5.41) is 0. The first kappa shape index (κ1) is 14.3. The highest BCUT2D eigenvalue weighted by atomic mass is 16.5. The molecule has 18 heavy (non-hydrogen) atoms. The van der Waals surface area contributed by atoms with Crippen molar-refractivity contribution in [1.29, 1.82) is 0 Å². The minimum absolute atomic E-state index is 0.0962. The number of hydrogen-bond donors (Lipinski definition) is 0. The van der Waals surface area contributed by atoms with E-state index in [-0.39, 0.29) is 11.9 Å². The summed E-state index contributed by atoms with van der Waals surface area (Å²) < 4.78 is 10.1. The number of carbonyl (C=O) groups is 1. The van der Waals surface area contributed by atoms with E-state index in [0.717, 1.165) is 16.9 Å². The van der Waals surface area contributed by atoms with Gasteiger partial charge in [0.2, 0.25) is 0 Å². The van der Waals surface area contributed by atoms with Crippen LogP contribution in [0.1, 0.15) is 30.9 Å². The first-order valence-corrected chi connectivity index (χ1v) is 5.91. The number of aryl methyl sites for hydroxylation is 1. The van der Waals surface area contributed by atoms with Crippen molar-refractivity contribution in [3.8, 4) is 5.75 Å². The van der Waals surface area contributed by atoms with Crippen molar-refractivity contribution < 1.29 is 14.3 Å². The number of methoxy groups -OCH3 is 2. The molecule has 0 aromatic heterocycles. The lowest BCUT2D eigenvalue weighted by molar-refractivity contribution is -0.136. The van der Waals surface area contributed by atoms with Gasteiger partial charge in [0.15, 0.2) is 0 Å². The van der Waals surface area contributed by atoms with Crippen LogP contribution >= 0.6 is 0 Å². The molecule has 0 unspecified atom stereocenters. The van der Waals surface area contributed by atoms with E-state index in [1.165, 1.54) is 7.11 Å². The zero-order valence-electron chi connectivity index (χ0n) is 11.6. The van der Waals surface area contributed by atoms with Crippen LogP contribution in [0, 0.1) is 6.92 Å². The Morgan fingerprint density at radius 1 is 1.33 bits per heavy atom. The topological polar surface area (TPSA) is 35.5 Å². The maximum Gasteiger partial charge on any atom is 0.333 e. The summed E-state index contributed by atoms with van der Waals surface area (Å²) in [5.41, 5.74) is 2.76.